The number of methoxy groups -OCH3 is 1. The summed E-state index contributed by atoms with van der Waals surface area (Å²) in [5, 5.41) is 8.94. The minimum absolute atomic E-state index is 0.271. The number of nitrogens with zero attached hydrogens (tertiary/aromatic N) is 1. The summed E-state index contributed by atoms with van der Waals surface area (Å²) < 4.78 is 5.23. The van der Waals surface area contributed by atoms with Crippen molar-refractivity contribution in [3.63, 3.8) is 0 Å². The fourth-order valence-electron chi connectivity index (χ4n) is 1.58. The lowest BCUT2D eigenvalue weighted by Crippen LogP contribution is -2.45. The maximum absolute atomic E-state index is 8.94. The maximum atomic E-state index is 8.94. The quantitative estimate of drug-likeness (QED) is 0.619. The van der Waals surface area contributed by atoms with E-state index in [2.05, 4.69) is 4.90 Å². The van der Waals surface area contributed by atoms with Crippen molar-refractivity contribution in [1.29, 1.82) is 0 Å². The summed E-state index contributed by atoms with van der Waals surface area (Å²) >= 11 is 0. The third-order valence-corrected chi connectivity index (χ3v) is 2.48. The number of ether oxygens (including phenoxy) is 1. The normalized spacial score (nSPS) is 34.1. The lowest BCUT2D eigenvalue weighted by molar-refractivity contribution is 0.00280. The zero-order valence-corrected chi connectivity index (χ0v) is 7.29. The molecule has 0 unspecified atom stereocenters. The van der Waals surface area contributed by atoms with Gasteiger partial charge in [-0.15, -0.1) is 0 Å². The second-order valence-corrected chi connectivity index (χ2v) is 3.21. The average molecular weight is 159 g/mol. The maximum Gasteiger partial charge on any atom is 0.0698 e. The van der Waals surface area contributed by atoms with E-state index in [4.69, 9.17) is 9.84 Å². The smallest absolute Gasteiger partial charge is 0.0698 e. The number of aliphatic hydroxyl groups is 1. The van der Waals surface area contributed by atoms with Crippen LogP contribution in [-0.2, 0) is 4.74 Å². The van der Waals surface area contributed by atoms with E-state index in [1.54, 1.807) is 7.11 Å². The molecule has 11 heavy (non-hydrogen) atoms. The SMILES string of the molecule is CO[C@H]1CC[C@@H](CO)N(C)C1. The molecule has 1 aliphatic rings. The van der Waals surface area contributed by atoms with Crippen LogP contribution in [0.25, 0.3) is 0 Å². The van der Waals surface area contributed by atoms with Crippen molar-refractivity contribution in [2.24, 2.45) is 0 Å². The zero-order valence-electron chi connectivity index (χ0n) is 7.29. The third kappa shape index (κ3) is 2.15. The predicted octanol–water partition coefficient (Wildman–Crippen LogP) is 0.0879. The molecule has 1 rings (SSSR count). The van der Waals surface area contributed by atoms with Crippen LogP contribution >= 0.6 is 0 Å². The summed E-state index contributed by atoms with van der Waals surface area (Å²) in [6, 6.07) is 0.349. The fraction of sp³-hybridized carbons (Fsp3) is 1.00. The number of likely N-dealkylation sites (N-methyl/N-ethyl adjacent to an activating group) is 1. The molecule has 0 saturated carbocycles. The highest BCUT2D eigenvalue weighted by Gasteiger charge is 2.24. The first kappa shape index (κ1) is 8.97. The van der Waals surface area contributed by atoms with Gasteiger partial charge in [-0.25, -0.2) is 0 Å². The van der Waals surface area contributed by atoms with Gasteiger partial charge in [-0.2, -0.15) is 0 Å². The fourth-order valence-corrected chi connectivity index (χ4v) is 1.58. The molecule has 3 heteroatoms. The van der Waals surface area contributed by atoms with Crippen LogP contribution in [0.1, 0.15) is 12.8 Å². The molecule has 1 aliphatic heterocycles. The van der Waals surface area contributed by atoms with Crippen LogP contribution in [0.3, 0.4) is 0 Å². The van der Waals surface area contributed by atoms with Gasteiger partial charge in [-0.05, 0) is 19.9 Å². The van der Waals surface area contributed by atoms with Gasteiger partial charge in [0.05, 0.1) is 12.7 Å². The van der Waals surface area contributed by atoms with Gasteiger partial charge in [-0.3, -0.25) is 4.90 Å². The Morgan fingerprint density at radius 3 is 2.73 bits per heavy atom. The number of rotatable bonds is 2. The van der Waals surface area contributed by atoms with Gasteiger partial charge in [0.2, 0.25) is 0 Å². The second kappa shape index (κ2) is 4.04. The van der Waals surface area contributed by atoms with Crippen molar-refractivity contribution >= 4 is 0 Å². The molecule has 1 heterocycles. The van der Waals surface area contributed by atoms with Crippen molar-refractivity contribution in [1.82, 2.24) is 4.90 Å². The predicted molar refractivity (Wildman–Crippen MR) is 43.5 cm³/mol. The van der Waals surface area contributed by atoms with Gasteiger partial charge in [-0.1, -0.05) is 0 Å². The topological polar surface area (TPSA) is 32.7 Å². The molecule has 0 aliphatic carbocycles. The number of hydrogen-bond donors (Lipinski definition) is 1. The second-order valence-electron chi connectivity index (χ2n) is 3.21. The Morgan fingerprint density at radius 2 is 2.27 bits per heavy atom. The van der Waals surface area contributed by atoms with Crippen molar-refractivity contribution < 1.29 is 9.84 Å². The summed E-state index contributed by atoms with van der Waals surface area (Å²) in [7, 11) is 3.78. The summed E-state index contributed by atoms with van der Waals surface area (Å²) in [6.45, 7) is 1.22. The summed E-state index contributed by atoms with van der Waals surface area (Å²) in [5.74, 6) is 0. The van der Waals surface area contributed by atoms with Gasteiger partial charge >= 0.3 is 0 Å². The molecular formula is C8H17NO2. The van der Waals surface area contributed by atoms with E-state index < -0.39 is 0 Å². The molecule has 3 nitrogen and oxygen atoms in total. The summed E-state index contributed by atoms with van der Waals surface area (Å²) in [6.07, 6.45) is 2.49. The number of hydrogen-bond acceptors (Lipinski definition) is 3. The summed E-state index contributed by atoms with van der Waals surface area (Å²) in [4.78, 5) is 2.16. The van der Waals surface area contributed by atoms with Gasteiger partial charge in [0.15, 0.2) is 0 Å². The van der Waals surface area contributed by atoms with E-state index in [0.29, 0.717) is 12.1 Å². The summed E-state index contributed by atoms with van der Waals surface area (Å²) in [5.41, 5.74) is 0. The molecule has 0 aromatic heterocycles. The van der Waals surface area contributed by atoms with E-state index in [9.17, 15) is 0 Å². The van der Waals surface area contributed by atoms with Gasteiger partial charge in [0, 0.05) is 19.7 Å². The van der Waals surface area contributed by atoms with Crippen molar-refractivity contribution in [2.45, 2.75) is 25.0 Å². The Balaban J connectivity index is 2.34. The van der Waals surface area contributed by atoms with Gasteiger partial charge < -0.3 is 9.84 Å². The molecule has 0 bridgehead atoms. The van der Waals surface area contributed by atoms with Crippen LogP contribution in [0, 0.1) is 0 Å². The minimum atomic E-state index is 0.271. The first-order chi connectivity index (χ1) is 5.27. The Bertz CT molecular complexity index is 119. The molecule has 0 aromatic rings. The molecule has 0 radical (unpaired) electrons. The number of aliphatic hydroxyl groups excluding tert-OH is 1. The Kier molecular flexibility index (Phi) is 3.30. The van der Waals surface area contributed by atoms with Crippen molar-refractivity contribution in [2.75, 3.05) is 27.3 Å². The Hall–Kier alpha value is -0.120. The van der Waals surface area contributed by atoms with Gasteiger partial charge in [0.25, 0.3) is 0 Å². The van der Waals surface area contributed by atoms with Crippen molar-refractivity contribution in [3.8, 4) is 0 Å². The Morgan fingerprint density at radius 1 is 1.55 bits per heavy atom. The highest BCUT2D eigenvalue weighted by atomic mass is 16.5. The van der Waals surface area contributed by atoms with E-state index in [1.807, 2.05) is 7.05 Å². The third-order valence-electron chi connectivity index (χ3n) is 2.48. The molecule has 1 N–H and O–H groups in total. The standard InChI is InChI=1S/C8H17NO2/c1-9-5-8(11-2)4-3-7(9)6-10/h7-8,10H,3-6H2,1-2H3/t7-,8-/m0/s1. The van der Waals surface area contributed by atoms with E-state index >= 15 is 0 Å². The molecule has 1 saturated heterocycles. The Labute approximate surface area is 68.0 Å². The molecule has 0 spiro atoms. The molecule has 1 fully saturated rings. The molecule has 2 atom stereocenters. The average Bonchev–Trinajstić information content (AvgIpc) is 2.04. The lowest BCUT2D eigenvalue weighted by atomic mass is 10.0. The van der Waals surface area contributed by atoms with E-state index in [1.165, 1.54) is 0 Å². The first-order valence-electron chi connectivity index (χ1n) is 4.11. The van der Waals surface area contributed by atoms with E-state index in [0.717, 1.165) is 19.4 Å². The van der Waals surface area contributed by atoms with Crippen LogP contribution in [0.2, 0.25) is 0 Å². The van der Waals surface area contributed by atoms with Crippen LogP contribution in [0.15, 0.2) is 0 Å². The van der Waals surface area contributed by atoms with Crippen LogP contribution < -0.4 is 0 Å². The van der Waals surface area contributed by atoms with Gasteiger partial charge in [0.1, 0.15) is 0 Å². The van der Waals surface area contributed by atoms with Crippen molar-refractivity contribution in [3.05, 3.63) is 0 Å². The van der Waals surface area contributed by atoms with Crippen LogP contribution in [-0.4, -0.2) is 49.5 Å². The number of piperidine rings is 1. The number of likely N-dealkylation sites (tertiary alicyclic amines) is 1. The highest BCUT2D eigenvalue weighted by molar-refractivity contribution is 4.78. The first-order valence-corrected chi connectivity index (χ1v) is 4.11. The monoisotopic (exact) mass is 159 g/mol. The zero-order chi connectivity index (χ0) is 8.27. The van der Waals surface area contributed by atoms with Crippen LogP contribution in [0.4, 0.5) is 0 Å². The van der Waals surface area contributed by atoms with Crippen LogP contribution in [0.5, 0.6) is 0 Å². The molecule has 0 aromatic carbocycles. The molecule has 66 valence electrons. The highest BCUT2D eigenvalue weighted by Crippen LogP contribution is 2.16. The van der Waals surface area contributed by atoms with E-state index in [-0.39, 0.29) is 6.61 Å². The largest absolute Gasteiger partial charge is 0.395 e. The molecule has 0 amide bonds. The lowest BCUT2D eigenvalue weighted by Gasteiger charge is -2.35. The molecular weight excluding hydrogens is 142 g/mol. The minimum Gasteiger partial charge on any atom is -0.395 e.